The Morgan fingerprint density at radius 2 is 2.05 bits per heavy atom. The number of hydrogen-bond donors (Lipinski definition) is 2. The molecule has 2 amide bonds. The fraction of sp³-hybridized carbons (Fsp3) is 0.529. The highest BCUT2D eigenvalue weighted by Gasteiger charge is 2.38. The summed E-state index contributed by atoms with van der Waals surface area (Å²) in [5.41, 5.74) is 0.484. The summed E-state index contributed by atoms with van der Waals surface area (Å²) in [5, 5.41) is 5.93. The molecular weight excluding hydrogens is 264 g/mol. The maximum absolute atomic E-state index is 12.5. The van der Waals surface area contributed by atoms with E-state index in [1.54, 1.807) is 0 Å². The second-order valence-corrected chi connectivity index (χ2v) is 5.68. The molecule has 2 N–H and O–H groups in total. The SMILES string of the molecule is CCC1(C(=O)NCCc2ccccc2)CCCCC(=O)N1. The average molecular weight is 288 g/mol. The van der Waals surface area contributed by atoms with Crippen LogP contribution < -0.4 is 10.6 Å². The van der Waals surface area contributed by atoms with Crippen LogP contribution in [0.5, 0.6) is 0 Å². The molecule has 1 fully saturated rings. The standard InChI is InChI=1S/C17H24N2O2/c1-2-17(12-7-6-10-15(20)19-17)16(21)18-13-11-14-8-4-3-5-9-14/h3-5,8-9H,2,6-7,10-13H2,1H3,(H,18,21)(H,19,20). The summed E-state index contributed by atoms with van der Waals surface area (Å²) in [6.45, 7) is 2.56. The van der Waals surface area contributed by atoms with Gasteiger partial charge in [0.2, 0.25) is 11.8 Å². The van der Waals surface area contributed by atoms with Crippen LogP contribution in [0.15, 0.2) is 30.3 Å². The molecule has 1 aliphatic heterocycles. The fourth-order valence-corrected chi connectivity index (χ4v) is 2.83. The van der Waals surface area contributed by atoms with E-state index in [2.05, 4.69) is 22.8 Å². The highest BCUT2D eigenvalue weighted by atomic mass is 16.2. The van der Waals surface area contributed by atoms with E-state index in [0.29, 0.717) is 19.4 Å². The van der Waals surface area contributed by atoms with E-state index in [1.807, 2.05) is 25.1 Å². The molecule has 1 heterocycles. The Morgan fingerprint density at radius 1 is 1.29 bits per heavy atom. The molecule has 1 saturated heterocycles. The summed E-state index contributed by atoms with van der Waals surface area (Å²) in [5.74, 6) is -0.0521. The second kappa shape index (κ2) is 7.25. The van der Waals surface area contributed by atoms with Crippen LogP contribution in [0.2, 0.25) is 0 Å². The Labute approximate surface area is 126 Å². The number of nitrogens with one attached hydrogen (secondary N) is 2. The molecule has 1 atom stereocenters. The Morgan fingerprint density at radius 3 is 2.76 bits per heavy atom. The zero-order chi connectivity index (χ0) is 15.1. The third-order valence-corrected chi connectivity index (χ3v) is 4.22. The van der Waals surface area contributed by atoms with E-state index in [-0.39, 0.29) is 11.8 Å². The molecule has 114 valence electrons. The normalized spacial score (nSPS) is 22.2. The number of benzene rings is 1. The largest absolute Gasteiger partial charge is 0.354 e. The van der Waals surface area contributed by atoms with Crippen LogP contribution in [0.1, 0.15) is 44.6 Å². The van der Waals surface area contributed by atoms with Crippen molar-refractivity contribution in [2.24, 2.45) is 0 Å². The molecule has 2 rings (SSSR count). The summed E-state index contributed by atoms with van der Waals surface area (Å²) in [6, 6.07) is 10.1. The quantitative estimate of drug-likeness (QED) is 0.872. The molecule has 0 saturated carbocycles. The summed E-state index contributed by atoms with van der Waals surface area (Å²) in [6.07, 6.45) is 4.48. The van der Waals surface area contributed by atoms with Crippen LogP contribution in [0.3, 0.4) is 0 Å². The second-order valence-electron chi connectivity index (χ2n) is 5.68. The summed E-state index contributed by atoms with van der Waals surface area (Å²) in [4.78, 5) is 24.3. The number of rotatable bonds is 5. The highest BCUT2D eigenvalue weighted by Crippen LogP contribution is 2.23. The topological polar surface area (TPSA) is 58.2 Å². The molecule has 1 aromatic rings. The third kappa shape index (κ3) is 4.06. The van der Waals surface area contributed by atoms with Crippen LogP contribution in [-0.2, 0) is 16.0 Å². The summed E-state index contributed by atoms with van der Waals surface area (Å²) < 4.78 is 0. The molecule has 4 heteroatoms. The van der Waals surface area contributed by atoms with Crippen LogP contribution in [0.25, 0.3) is 0 Å². The molecule has 21 heavy (non-hydrogen) atoms. The molecule has 1 aromatic carbocycles. The van der Waals surface area contributed by atoms with Gasteiger partial charge < -0.3 is 10.6 Å². The van der Waals surface area contributed by atoms with Crippen molar-refractivity contribution < 1.29 is 9.59 Å². The van der Waals surface area contributed by atoms with Crippen molar-refractivity contribution in [1.82, 2.24) is 10.6 Å². The first kappa shape index (κ1) is 15.5. The summed E-state index contributed by atoms with van der Waals surface area (Å²) >= 11 is 0. The first-order valence-corrected chi connectivity index (χ1v) is 7.79. The summed E-state index contributed by atoms with van der Waals surface area (Å²) in [7, 11) is 0. The molecule has 0 spiro atoms. The number of carbonyl (C=O) groups is 2. The number of hydrogen-bond acceptors (Lipinski definition) is 2. The van der Waals surface area contributed by atoms with Crippen LogP contribution in [-0.4, -0.2) is 23.9 Å². The van der Waals surface area contributed by atoms with Crippen molar-refractivity contribution in [3.63, 3.8) is 0 Å². The molecular formula is C17H24N2O2. The Kier molecular flexibility index (Phi) is 5.37. The molecule has 0 aliphatic carbocycles. The lowest BCUT2D eigenvalue weighted by Crippen LogP contribution is -2.58. The van der Waals surface area contributed by atoms with E-state index >= 15 is 0 Å². The number of carbonyl (C=O) groups excluding carboxylic acids is 2. The Balaban J connectivity index is 1.92. The van der Waals surface area contributed by atoms with Gasteiger partial charge in [0.15, 0.2) is 0 Å². The minimum atomic E-state index is -0.718. The van der Waals surface area contributed by atoms with E-state index in [0.717, 1.165) is 25.7 Å². The molecule has 1 unspecified atom stereocenters. The Hall–Kier alpha value is -1.84. The maximum Gasteiger partial charge on any atom is 0.245 e. The molecule has 1 aliphatic rings. The smallest absolute Gasteiger partial charge is 0.245 e. The van der Waals surface area contributed by atoms with Crippen LogP contribution in [0, 0.1) is 0 Å². The maximum atomic E-state index is 12.5. The molecule has 0 bridgehead atoms. The average Bonchev–Trinajstić information content (AvgIpc) is 2.70. The predicted molar refractivity (Wildman–Crippen MR) is 82.8 cm³/mol. The van der Waals surface area contributed by atoms with Gasteiger partial charge in [-0.15, -0.1) is 0 Å². The van der Waals surface area contributed by atoms with E-state index < -0.39 is 5.54 Å². The molecule has 0 radical (unpaired) electrons. The van der Waals surface area contributed by atoms with Crippen molar-refractivity contribution in [1.29, 1.82) is 0 Å². The lowest BCUT2D eigenvalue weighted by atomic mass is 9.89. The highest BCUT2D eigenvalue weighted by molar-refractivity contribution is 5.91. The van der Waals surface area contributed by atoms with Gasteiger partial charge in [-0.3, -0.25) is 9.59 Å². The first-order chi connectivity index (χ1) is 10.2. The van der Waals surface area contributed by atoms with E-state index in [9.17, 15) is 9.59 Å². The van der Waals surface area contributed by atoms with Gasteiger partial charge in [-0.05, 0) is 31.2 Å². The zero-order valence-electron chi connectivity index (χ0n) is 12.7. The van der Waals surface area contributed by atoms with Gasteiger partial charge in [0, 0.05) is 13.0 Å². The monoisotopic (exact) mass is 288 g/mol. The van der Waals surface area contributed by atoms with Crippen LogP contribution >= 0.6 is 0 Å². The first-order valence-electron chi connectivity index (χ1n) is 7.79. The predicted octanol–water partition coefficient (Wildman–Crippen LogP) is 2.18. The van der Waals surface area contributed by atoms with Crippen molar-refractivity contribution in [2.75, 3.05) is 6.54 Å². The van der Waals surface area contributed by atoms with Crippen molar-refractivity contribution in [3.05, 3.63) is 35.9 Å². The molecule has 0 aromatic heterocycles. The lowest BCUT2D eigenvalue weighted by molar-refractivity contribution is -0.133. The van der Waals surface area contributed by atoms with Crippen molar-refractivity contribution in [3.8, 4) is 0 Å². The third-order valence-electron chi connectivity index (χ3n) is 4.22. The Bertz CT molecular complexity index is 487. The minimum absolute atomic E-state index is 0.00689. The van der Waals surface area contributed by atoms with Crippen molar-refractivity contribution in [2.45, 2.75) is 51.0 Å². The van der Waals surface area contributed by atoms with E-state index in [1.165, 1.54) is 5.56 Å². The van der Waals surface area contributed by atoms with Gasteiger partial charge >= 0.3 is 0 Å². The van der Waals surface area contributed by atoms with Gasteiger partial charge in [0.1, 0.15) is 5.54 Å². The van der Waals surface area contributed by atoms with Crippen LogP contribution in [0.4, 0.5) is 0 Å². The van der Waals surface area contributed by atoms with Crippen molar-refractivity contribution >= 4 is 11.8 Å². The fourth-order valence-electron chi connectivity index (χ4n) is 2.83. The zero-order valence-corrected chi connectivity index (χ0v) is 12.7. The van der Waals surface area contributed by atoms with Gasteiger partial charge in [-0.1, -0.05) is 43.7 Å². The number of amides is 2. The molecule has 4 nitrogen and oxygen atoms in total. The van der Waals surface area contributed by atoms with Gasteiger partial charge in [-0.2, -0.15) is 0 Å². The minimum Gasteiger partial charge on any atom is -0.354 e. The van der Waals surface area contributed by atoms with Gasteiger partial charge in [0.05, 0.1) is 0 Å². The van der Waals surface area contributed by atoms with E-state index in [4.69, 9.17) is 0 Å². The lowest BCUT2D eigenvalue weighted by Gasteiger charge is -2.31. The van der Waals surface area contributed by atoms with Gasteiger partial charge in [0.25, 0.3) is 0 Å². The van der Waals surface area contributed by atoms with Gasteiger partial charge in [-0.25, -0.2) is 0 Å².